The second-order valence-electron chi connectivity index (χ2n) is 9.58. The van der Waals surface area contributed by atoms with Crippen molar-refractivity contribution in [3.8, 4) is 0 Å². The van der Waals surface area contributed by atoms with Crippen LogP contribution in [-0.2, 0) is 18.9 Å². The van der Waals surface area contributed by atoms with Gasteiger partial charge in [-0.25, -0.2) is 14.0 Å². The molecule has 3 N–H and O–H groups in total. The van der Waals surface area contributed by atoms with Crippen LogP contribution in [0.5, 0.6) is 0 Å². The minimum absolute atomic E-state index is 0.0911. The Bertz CT molecular complexity index is 743. The monoisotopic (exact) mass is 544 g/mol. The van der Waals surface area contributed by atoms with Crippen LogP contribution in [-0.4, -0.2) is 81.3 Å². The van der Waals surface area contributed by atoms with Crippen molar-refractivity contribution in [3.63, 3.8) is 0 Å². The Hall–Kier alpha value is -2.07. The lowest BCUT2D eigenvalue weighted by molar-refractivity contribution is -0.396. The molecule has 0 aliphatic heterocycles. The summed E-state index contributed by atoms with van der Waals surface area (Å²) in [6.07, 6.45) is -10.7. The van der Waals surface area contributed by atoms with Crippen LogP contribution in [0.2, 0.25) is 0 Å². The first kappa shape index (κ1) is 32.0. The van der Waals surface area contributed by atoms with Gasteiger partial charge in [0.2, 0.25) is 0 Å². The van der Waals surface area contributed by atoms with Crippen LogP contribution in [0.4, 0.5) is 40.3 Å². The molecule has 16 heteroatoms. The minimum Gasteiger partial charge on any atom is -0.447 e. The summed E-state index contributed by atoms with van der Waals surface area (Å²) in [5.74, 6) is -5.10. The molecule has 2 unspecified atom stereocenters. The summed E-state index contributed by atoms with van der Waals surface area (Å²) >= 11 is 0. The van der Waals surface area contributed by atoms with Gasteiger partial charge in [0.1, 0.15) is 19.9 Å². The standard InChI is InChI=1S/C20H31F7N2O7/c1-16(2)6-13(7-17(3,8-16)9-28-14(31)33-5-4-21)29-15(32)34-11-18(22,23)20(26,27)36-12-35-19(24,25)10-30/h13,30H,4-12H2,1-3H3,(H,28,31)(H,29,32). The van der Waals surface area contributed by atoms with Crippen LogP contribution in [0.3, 0.4) is 0 Å². The number of aliphatic hydroxyl groups is 1. The Morgan fingerprint density at radius 2 is 1.64 bits per heavy atom. The lowest BCUT2D eigenvalue weighted by Crippen LogP contribution is -2.52. The van der Waals surface area contributed by atoms with Crippen molar-refractivity contribution >= 4 is 12.2 Å². The number of rotatable bonds is 13. The molecule has 0 saturated heterocycles. The van der Waals surface area contributed by atoms with Crippen molar-refractivity contribution < 1.29 is 64.4 Å². The fourth-order valence-corrected chi connectivity index (χ4v) is 4.13. The number of alkyl carbamates (subject to hydrolysis) is 2. The topological polar surface area (TPSA) is 115 Å². The number of alkyl halides is 7. The maximum absolute atomic E-state index is 13.8. The molecule has 1 rings (SSSR count). The third-order valence-corrected chi connectivity index (χ3v) is 5.24. The Labute approximate surface area is 202 Å². The number of nitrogens with one attached hydrogen (secondary N) is 2. The van der Waals surface area contributed by atoms with E-state index in [1.807, 2.05) is 13.8 Å². The summed E-state index contributed by atoms with van der Waals surface area (Å²) in [6.45, 7) is -1.67. The molecule has 0 bridgehead atoms. The molecule has 9 nitrogen and oxygen atoms in total. The number of carbonyl (C=O) groups is 2. The van der Waals surface area contributed by atoms with Crippen LogP contribution in [0.15, 0.2) is 0 Å². The van der Waals surface area contributed by atoms with E-state index in [-0.39, 0.29) is 13.0 Å². The normalized spacial score (nSPS) is 22.6. The van der Waals surface area contributed by atoms with E-state index in [1.54, 1.807) is 6.92 Å². The van der Waals surface area contributed by atoms with Gasteiger partial charge in [0.05, 0.1) is 0 Å². The summed E-state index contributed by atoms with van der Waals surface area (Å²) in [7, 11) is 0. The van der Waals surface area contributed by atoms with Gasteiger partial charge in [-0.2, -0.15) is 26.3 Å². The lowest BCUT2D eigenvalue weighted by Gasteiger charge is -2.46. The molecule has 36 heavy (non-hydrogen) atoms. The first-order chi connectivity index (χ1) is 16.4. The van der Waals surface area contributed by atoms with Gasteiger partial charge in [0.25, 0.3) is 0 Å². The van der Waals surface area contributed by atoms with Gasteiger partial charge in [-0.3, -0.25) is 9.47 Å². The predicted molar refractivity (Wildman–Crippen MR) is 108 cm³/mol. The van der Waals surface area contributed by atoms with Gasteiger partial charge in [-0.1, -0.05) is 20.8 Å². The summed E-state index contributed by atoms with van der Waals surface area (Å²) in [5, 5.41) is 13.1. The molecule has 2 atom stereocenters. The average molecular weight is 544 g/mol. The maximum atomic E-state index is 13.8. The molecule has 0 aromatic heterocycles. The van der Waals surface area contributed by atoms with Crippen molar-refractivity contribution in [2.75, 3.05) is 39.8 Å². The lowest BCUT2D eigenvalue weighted by atomic mass is 9.62. The number of carbonyl (C=O) groups excluding carboxylic acids is 2. The van der Waals surface area contributed by atoms with Crippen molar-refractivity contribution in [2.45, 2.75) is 64.2 Å². The van der Waals surface area contributed by atoms with Crippen LogP contribution >= 0.6 is 0 Å². The van der Waals surface area contributed by atoms with Crippen molar-refractivity contribution in [1.29, 1.82) is 0 Å². The van der Waals surface area contributed by atoms with Crippen LogP contribution in [0.25, 0.3) is 0 Å². The average Bonchev–Trinajstić information content (AvgIpc) is 2.73. The molecular weight excluding hydrogens is 513 g/mol. The molecule has 0 radical (unpaired) electrons. The Kier molecular flexibility index (Phi) is 11.1. The third kappa shape index (κ3) is 10.5. The van der Waals surface area contributed by atoms with Crippen molar-refractivity contribution in [2.24, 2.45) is 10.8 Å². The highest BCUT2D eigenvalue weighted by Gasteiger charge is 2.59. The van der Waals surface area contributed by atoms with Gasteiger partial charge < -0.3 is 25.2 Å². The number of hydrogen-bond acceptors (Lipinski definition) is 7. The smallest absolute Gasteiger partial charge is 0.424 e. The Morgan fingerprint density at radius 1 is 1.00 bits per heavy atom. The van der Waals surface area contributed by atoms with Crippen molar-refractivity contribution in [3.05, 3.63) is 0 Å². The molecule has 2 amide bonds. The zero-order chi connectivity index (χ0) is 27.8. The SMILES string of the molecule is CC1(C)CC(NC(=O)OCC(F)(F)C(F)(F)OCOC(F)(F)CO)CC(C)(CNC(=O)OCCF)C1. The molecule has 212 valence electrons. The number of ether oxygens (including phenoxy) is 4. The number of aliphatic hydroxyl groups excluding tert-OH is 1. The van der Waals surface area contributed by atoms with E-state index >= 15 is 0 Å². The molecule has 1 aliphatic carbocycles. The highest BCUT2D eigenvalue weighted by molar-refractivity contribution is 5.68. The summed E-state index contributed by atoms with van der Waals surface area (Å²) < 4.78 is 108. The fourth-order valence-electron chi connectivity index (χ4n) is 4.13. The third-order valence-electron chi connectivity index (χ3n) is 5.24. The van der Waals surface area contributed by atoms with E-state index in [2.05, 4.69) is 29.6 Å². The zero-order valence-corrected chi connectivity index (χ0v) is 20.0. The molecule has 1 fully saturated rings. The van der Waals surface area contributed by atoms with E-state index in [1.165, 1.54) is 0 Å². The van der Waals surface area contributed by atoms with Crippen molar-refractivity contribution in [1.82, 2.24) is 10.6 Å². The first-order valence-electron chi connectivity index (χ1n) is 10.8. The van der Waals surface area contributed by atoms with Gasteiger partial charge >= 0.3 is 30.3 Å². The second-order valence-corrected chi connectivity index (χ2v) is 9.58. The predicted octanol–water partition coefficient (Wildman–Crippen LogP) is 3.80. The number of hydrogen-bond donors (Lipinski definition) is 3. The molecule has 0 heterocycles. The minimum atomic E-state index is -5.34. The van der Waals surface area contributed by atoms with Crippen LogP contribution in [0, 0.1) is 10.8 Å². The Morgan fingerprint density at radius 3 is 2.22 bits per heavy atom. The summed E-state index contributed by atoms with van der Waals surface area (Å²) in [6, 6.07) is -0.644. The zero-order valence-electron chi connectivity index (χ0n) is 20.0. The first-order valence-corrected chi connectivity index (χ1v) is 10.8. The second kappa shape index (κ2) is 12.4. The molecular formula is C20H31F7N2O7. The largest absolute Gasteiger partial charge is 0.447 e. The van der Waals surface area contributed by atoms with Gasteiger partial charge in [-0.05, 0) is 30.1 Å². The van der Waals surface area contributed by atoms with E-state index in [0.29, 0.717) is 12.8 Å². The summed E-state index contributed by atoms with van der Waals surface area (Å²) in [5.41, 5.74) is -0.993. The molecule has 1 saturated carbocycles. The van der Waals surface area contributed by atoms with E-state index in [9.17, 15) is 40.3 Å². The van der Waals surface area contributed by atoms with Gasteiger partial charge in [0.15, 0.2) is 13.4 Å². The highest BCUT2D eigenvalue weighted by Crippen LogP contribution is 2.46. The van der Waals surface area contributed by atoms with E-state index in [4.69, 9.17) is 5.11 Å². The summed E-state index contributed by atoms with van der Waals surface area (Å²) in [4.78, 5) is 23.7. The highest BCUT2D eigenvalue weighted by atomic mass is 19.3. The molecule has 0 aromatic rings. The molecule has 0 aromatic carbocycles. The van der Waals surface area contributed by atoms with Crippen LogP contribution < -0.4 is 10.6 Å². The van der Waals surface area contributed by atoms with E-state index < -0.39 is 80.5 Å². The van der Waals surface area contributed by atoms with Gasteiger partial charge in [0, 0.05) is 12.6 Å². The Balaban J connectivity index is 2.65. The number of amides is 2. The quantitative estimate of drug-likeness (QED) is 0.239. The maximum Gasteiger partial charge on any atom is 0.424 e. The van der Waals surface area contributed by atoms with Crippen LogP contribution in [0.1, 0.15) is 40.0 Å². The van der Waals surface area contributed by atoms with Gasteiger partial charge in [-0.15, -0.1) is 0 Å². The fraction of sp³-hybridized carbons (Fsp3) is 0.900. The molecule has 0 spiro atoms. The molecule has 1 aliphatic rings. The number of halogens is 7. The van der Waals surface area contributed by atoms with E-state index in [0.717, 1.165) is 0 Å².